The molecule has 4 rings (SSSR count). The molecule has 1 N–H and O–H groups in total. The maximum Gasteiger partial charge on any atom is 0.265 e. The predicted octanol–water partition coefficient (Wildman–Crippen LogP) is 5.88. The molecule has 0 fully saturated rings. The molecule has 0 bridgehead atoms. The van der Waals surface area contributed by atoms with Gasteiger partial charge in [-0.15, -0.1) is 11.3 Å². The minimum absolute atomic E-state index is 0.103. The molecule has 1 aromatic heterocycles. The van der Waals surface area contributed by atoms with Crippen molar-refractivity contribution < 1.29 is 17.6 Å². The van der Waals surface area contributed by atoms with Crippen molar-refractivity contribution in [2.75, 3.05) is 16.7 Å². The molecule has 0 aliphatic heterocycles. The first-order chi connectivity index (χ1) is 14.8. The summed E-state index contributed by atoms with van der Waals surface area (Å²) in [7, 11) is -2.25. The van der Waals surface area contributed by atoms with Crippen molar-refractivity contribution in [2.45, 2.75) is 4.90 Å². The number of fused-ring (bicyclic) bond motifs is 1. The molecule has 9 heteroatoms. The monoisotopic (exact) mass is 518 g/mol. The molecule has 0 saturated carbocycles. The average molecular weight is 519 g/mol. The number of benzene rings is 3. The van der Waals surface area contributed by atoms with Gasteiger partial charge in [-0.1, -0.05) is 28.1 Å². The second kappa shape index (κ2) is 8.41. The highest BCUT2D eigenvalue weighted by molar-refractivity contribution is 9.10. The fraction of sp³-hybridized carbons (Fsp3) is 0.0455. The number of amides is 1. The van der Waals surface area contributed by atoms with Crippen molar-refractivity contribution in [3.8, 4) is 0 Å². The van der Waals surface area contributed by atoms with Crippen LogP contribution in [0.15, 0.2) is 82.2 Å². The Morgan fingerprint density at radius 1 is 1.03 bits per heavy atom. The molecule has 0 saturated heterocycles. The zero-order chi connectivity index (χ0) is 22.2. The predicted molar refractivity (Wildman–Crippen MR) is 126 cm³/mol. The summed E-state index contributed by atoms with van der Waals surface area (Å²) in [5, 5.41) is 3.28. The molecule has 0 aliphatic carbocycles. The number of nitrogens with one attached hydrogen (secondary N) is 1. The Balaban J connectivity index is 1.62. The van der Waals surface area contributed by atoms with E-state index in [1.165, 1.54) is 47.0 Å². The lowest BCUT2D eigenvalue weighted by atomic mass is 10.2. The maximum absolute atomic E-state index is 13.8. The molecule has 3 aromatic carbocycles. The van der Waals surface area contributed by atoms with E-state index in [9.17, 15) is 17.6 Å². The number of sulfonamides is 1. The molecule has 0 atom stereocenters. The second-order valence-electron chi connectivity index (χ2n) is 6.69. The lowest BCUT2D eigenvalue weighted by molar-refractivity contribution is 0.103. The number of hydrogen-bond donors (Lipinski definition) is 1. The molecule has 1 amide bonds. The van der Waals surface area contributed by atoms with Gasteiger partial charge in [0.05, 0.1) is 21.1 Å². The van der Waals surface area contributed by atoms with Crippen LogP contribution in [0, 0.1) is 5.82 Å². The third kappa shape index (κ3) is 4.34. The van der Waals surface area contributed by atoms with E-state index < -0.39 is 21.7 Å². The van der Waals surface area contributed by atoms with Crippen molar-refractivity contribution in [2.24, 2.45) is 0 Å². The Labute approximate surface area is 191 Å². The van der Waals surface area contributed by atoms with Crippen LogP contribution in [-0.4, -0.2) is 21.4 Å². The van der Waals surface area contributed by atoms with E-state index in [0.717, 1.165) is 14.6 Å². The molecule has 5 nitrogen and oxygen atoms in total. The van der Waals surface area contributed by atoms with Gasteiger partial charge in [-0.25, -0.2) is 12.8 Å². The first-order valence-electron chi connectivity index (χ1n) is 9.10. The fourth-order valence-electron chi connectivity index (χ4n) is 2.99. The molecule has 0 unspecified atom stereocenters. The summed E-state index contributed by atoms with van der Waals surface area (Å²) in [6.45, 7) is 0. The zero-order valence-electron chi connectivity index (χ0n) is 16.2. The Morgan fingerprint density at radius 3 is 2.45 bits per heavy atom. The van der Waals surface area contributed by atoms with Gasteiger partial charge in [-0.2, -0.15) is 0 Å². The highest BCUT2D eigenvalue weighted by atomic mass is 79.9. The van der Waals surface area contributed by atoms with E-state index in [4.69, 9.17) is 0 Å². The summed E-state index contributed by atoms with van der Waals surface area (Å²) in [5.41, 5.74) is 0.570. The van der Waals surface area contributed by atoms with Gasteiger partial charge in [0, 0.05) is 16.2 Å². The smallest absolute Gasteiger partial charge is 0.265 e. The minimum Gasteiger partial charge on any atom is -0.319 e. The Hall–Kier alpha value is -2.75. The van der Waals surface area contributed by atoms with Gasteiger partial charge in [0.2, 0.25) is 0 Å². The summed E-state index contributed by atoms with van der Waals surface area (Å²) in [5.74, 6) is -0.942. The number of para-hydroxylation sites is 1. The molecule has 158 valence electrons. The Morgan fingerprint density at radius 2 is 1.74 bits per heavy atom. The summed E-state index contributed by atoms with van der Waals surface area (Å²) >= 11 is 4.55. The molecular formula is C22H16BrFN2O3S2. The molecule has 0 aliphatic rings. The topological polar surface area (TPSA) is 66.5 Å². The number of carbonyl (C=O) groups excluding carboxylic acids is 1. The van der Waals surface area contributed by atoms with Crippen LogP contribution in [0.4, 0.5) is 15.8 Å². The van der Waals surface area contributed by atoms with E-state index in [0.29, 0.717) is 10.6 Å². The second-order valence-corrected chi connectivity index (χ2v) is 10.7. The van der Waals surface area contributed by atoms with Crippen LogP contribution < -0.4 is 9.62 Å². The first kappa shape index (κ1) is 21.5. The lowest BCUT2D eigenvalue weighted by Crippen LogP contribution is -2.26. The average Bonchev–Trinajstić information content (AvgIpc) is 3.18. The van der Waals surface area contributed by atoms with Crippen molar-refractivity contribution in [3.63, 3.8) is 0 Å². The lowest BCUT2D eigenvalue weighted by Gasteiger charge is -2.19. The highest BCUT2D eigenvalue weighted by Gasteiger charge is 2.22. The van der Waals surface area contributed by atoms with Gasteiger partial charge in [0.25, 0.3) is 15.9 Å². The quantitative estimate of drug-likeness (QED) is 0.358. The van der Waals surface area contributed by atoms with Crippen molar-refractivity contribution in [3.05, 3.63) is 88.0 Å². The van der Waals surface area contributed by atoms with Gasteiger partial charge in [0.1, 0.15) is 5.82 Å². The number of carbonyl (C=O) groups is 1. The van der Waals surface area contributed by atoms with E-state index in [-0.39, 0.29) is 10.6 Å². The number of hydrogen-bond acceptors (Lipinski definition) is 4. The largest absolute Gasteiger partial charge is 0.319 e. The Kier molecular flexibility index (Phi) is 5.83. The van der Waals surface area contributed by atoms with Crippen LogP contribution in [0.2, 0.25) is 0 Å². The molecule has 31 heavy (non-hydrogen) atoms. The summed E-state index contributed by atoms with van der Waals surface area (Å²) < 4.78 is 42.5. The zero-order valence-corrected chi connectivity index (χ0v) is 19.4. The van der Waals surface area contributed by atoms with Gasteiger partial charge in [-0.05, 0) is 66.0 Å². The van der Waals surface area contributed by atoms with E-state index in [1.807, 2.05) is 0 Å². The van der Waals surface area contributed by atoms with E-state index >= 15 is 0 Å². The van der Waals surface area contributed by atoms with Crippen LogP contribution in [0.25, 0.3) is 10.1 Å². The standard InChI is InChI=1S/C22H16BrFN2O3S2/c1-26(31(28,29)17-9-6-15(23)7-10-17)16-8-11-20-14(12-16)13-21(30-20)22(27)25-19-5-3-2-4-18(19)24/h2-13H,1H3,(H,25,27). The van der Waals surface area contributed by atoms with Gasteiger partial charge in [-0.3, -0.25) is 9.10 Å². The summed E-state index contributed by atoms with van der Waals surface area (Å²) in [6.07, 6.45) is 0. The summed E-state index contributed by atoms with van der Waals surface area (Å²) in [6, 6.07) is 19.2. The summed E-state index contributed by atoms with van der Waals surface area (Å²) in [4.78, 5) is 13.1. The SMILES string of the molecule is CN(c1ccc2sc(C(=O)Nc3ccccc3F)cc2c1)S(=O)(=O)c1ccc(Br)cc1. The van der Waals surface area contributed by atoms with Crippen molar-refractivity contribution in [1.82, 2.24) is 0 Å². The van der Waals surface area contributed by atoms with Gasteiger partial charge < -0.3 is 5.32 Å². The third-order valence-corrected chi connectivity index (χ3v) is 8.12. The Bertz CT molecular complexity index is 1390. The van der Waals surface area contributed by atoms with Gasteiger partial charge in [0.15, 0.2) is 0 Å². The van der Waals surface area contributed by atoms with Crippen LogP contribution in [0.1, 0.15) is 9.67 Å². The number of halogens is 2. The molecule has 0 spiro atoms. The number of rotatable bonds is 5. The van der Waals surface area contributed by atoms with Crippen LogP contribution >= 0.6 is 27.3 Å². The minimum atomic E-state index is -3.74. The highest BCUT2D eigenvalue weighted by Crippen LogP contribution is 2.32. The molecule has 4 aromatic rings. The van der Waals surface area contributed by atoms with E-state index in [1.54, 1.807) is 48.5 Å². The normalized spacial score (nSPS) is 11.5. The number of thiophene rings is 1. The molecule has 1 heterocycles. The van der Waals surface area contributed by atoms with Crippen LogP contribution in [0.5, 0.6) is 0 Å². The maximum atomic E-state index is 13.8. The first-order valence-corrected chi connectivity index (χ1v) is 12.1. The molecular weight excluding hydrogens is 503 g/mol. The van der Waals surface area contributed by atoms with Crippen molar-refractivity contribution in [1.29, 1.82) is 0 Å². The molecule has 0 radical (unpaired) electrons. The number of anilines is 2. The van der Waals surface area contributed by atoms with Crippen molar-refractivity contribution >= 4 is 64.7 Å². The van der Waals surface area contributed by atoms with Crippen LogP contribution in [-0.2, 0) is 10.0 Å². The van der Waals surface area contributed by atoms with Gasteiger partial charge >= 0.3 is 0 Å². The van der Waals surface area contributed by atoms with Crippen LogP contribution in [0.3, 0.4) is 0 Å². The van der Waals surface area contributed by atoms with E-state index in [2.05, 4.69) is 21.2 Å². The third-order valence-electron chi connectivity index (χ3n) is 4.68. The number of nitrogens with zero attached hydrogens (tertiary/aromatic N) is 1. The fourth-order valence-corrected chi connectivity index (χ4v) is 5.38.